The summed E-state index contributed by atoms with van der Waals surface area (Å²) in [7, 11) is 0. The van der Waals surface area contributed by atoms with E-state index in [9.17, 15) is 23.6 Å². The Morgan fingerprint density at radius 3 is 1.75 bits per heavy atom. The van der Waals surface area contributed by atoms with Crippen molar-refractivity contribution in [2.45, 2.75) is 85.7 Å². The number of halogens is 1. The van der Waals surface area contributed by atoms with Crippen LogP contribution >= 0.6 is 0 Å². The fraction of sp³-hybridized carbons (Fsp3) is 0.422. The summed E-state index contributed by atoms with van der Waals surface area (Å²) in [5, 5.41) is 17.8. The van der Waals surface area contributed by atoms with Gasteiger partial charge in [-0.05, 0) is 89.9 Å². The fourth-order valence-corrected chi connectivity index (χ4v) is 8.28. The summed E-state index contributed by atoms with van der Waals surface area (Å²) < 4.78 is 33.2. The number of nitrogens with two attached hydrogens (primary N) is 1. The highest BCUT2D eigenvalue weighted by Gasteiger charge is 2.25. The molecule has 0 unspecified atom stereocenters. The first-order valence-electron chi connectivity index (χ1n) is 22.1. The summed E-state index contributed by atoms with van der Waals surface area (Å²) in [6, 6.07) is 9.87. The zero-order valence-electron chi connectivity index (χ0n) is 37.0. The van der Waals surface area contributed by atoms with Gasteiger partial charge in [0, 0.05) is 63.4 Å². The van der Waals surface area contributed by atoms with Gasteiger partial charge in [-0.1, -0.05) is 12.2 Å². The molecule has 6 heterocycles. The number of likely N-dealkylation sites (tertiary alicyclic amines) is 1. The lowest BCUT2D eigenvalue weighted by molar-refractivity contribution is 0.0946. The highest BCUT2D eigenvalue weighted by molar-refractivity contribution is 6.05. The third-order valence-corrected chi connectivity index (χ3v) is 11.5. The van der Waals surface area contributed by atoms with Crippen LogP contribution in [0.25, 0.3) is 22.1 Å². The Hall–Kier alpha value is -7.09. The highest BCUT2D eigenvalue weighted by atomic mass is 19.1. The molecule has 0 atom stereocenters. The molecule has 2 aromatic carbocycles. The minimum absolute atomic E-state index is 0.145. The van der Waals surface area contributed by atoms with E-state index in [-0.39, 0.29) is 49.7 Å². The number of aryl methyl sites for hydroxylation is 4. The lowest BCUT2D eigenvalue weighted by Crippen LogP contribution is -2.36. The number of benzene rings is 2. The quantitative estimate of drug-likeness (QED) is 0.0945. The van der Waals surface area contributed by atoms with Crippen molar-refractivity contribution in [3.05, 3.63) is 82.5 Å². The molecule has 4 aromatic heterocycles. The van der Waals surface area contributed by atoms with E-state index in [4.69, 9.17) is 25.2 Å². The monoisotopic (exact) mass is 891 g/mol. The second-order valence-corrected chi connectivity index (χ2v) is 16.2. The summed E-state index contributed by atoms with van der Waals surface area (Å²) in [6.45, 7) is 11.6. The van der Waals surface area contributed by atoms with Crippen LogP contribution in [-0.4, -0.2) is 113 Å². The number of piperidine rings is 1. The maximum Gasteiger partial charge on any atom is 0.276 e. The van der Waals surface area contributed by atoms with Crippen molar-refractivity contribution in [1.29, 1.82) is 0 Å². The molecule has 8 rings (SSSR count). The molecular weight excluding hydrogens is 838 g/mol. The first-order valence-corrected chi connectivity index (χ1v) is 22.1. The minimum Gasteiger partial charge on any atom is -0.491 e. The molecular formula is C45H54FN13O6. The normalized spacial score (nSPS) is 15.5. The molecule has 342 valence electrons. The molecule has 1 saturated heterocycles. The number of hydrogen-bond donors (Lipinski definition) is 4. The van der Waals surface area contributed by atoms with Gasteiger partial charge in [0.05, 0.1) is 35.6 Å². The molecule has 65 heavy (non-hydrogen) atoms. The average molecular weight is 892 g/mol. The van der Waals surface area contributed by atoms with Gasteiger partial charge < -0.3 is 34.6 Å². The Morgan fingerprint density at radius 1 is 0.738 bits per heavy atom. The molecule has 20 heteroatoms. The predicted octanol–water partition coefficient (Wildman–Crippen LogP) is 5.01. The molecule has 2 aliphatic rings. The van der Waals surface area contributed by atoms with Crippen molar-refractivity contribution in [3.63, 3.8) is 0 Å². The first-order chi connectivity index (χ1) is 31.4. The number of carbonyl (C=O) groups is 4. The van der Waals surface area contributed by atoms with Crippen LogP contribution in [0.5, 0.6) is 11.5 Å². The van der Waals surface area contributed by atoms with Crippen LogP contribution in [0.2, 0.25) is 0 Å². The third-order valence-electron chi connectivity index (χ3n) is 11.5. The van der Waals surface area contributed by atoms with Crippen LogP contribution in [0.3, 0.4) is 0 Å². The number of imidazole rings is 2. The van der Waals surface area contributed by atoms with Crippen LogP contribution in [-0.2, 0) is 26.2 Å². The van der Waals surface area contributed by atoms with Crippen molar-refractivity contribution in [2.75, 3.05) is 50.0 Å². The number of anilines is 2. The minimum atomic E-state index is -0.748. The first kappa shape index (κ1) is 44.5. The van der Waals surface area contributed by atoms with Crippen LogP contribution in [0, 0.1) is 13.8 Å². The molecule has 1 fully saturated rings. The van der Waals surface area contributed by atoms with Gasteiger partial charge in [-0.2, -0.15) is 10.2 Å². The Balaban J connectivity index is 1.14. The maximum absolute atomic E-state index is 13.9. The Morgan fingerprint density at radius 2 is 1.25 bits per heavy atom. The smallest absolute Gasteiger partial charge is 0.276 e. The Kier molecular flexibility index (Phi) is 13.2. The van der Waals surface area contributed by atoms with Gasteiger partial charge in [-0.25, -0.2) is 14.4 Å². The number of nitrogens with one attached hydrogen (secondary N) is 3. The number of nitrogens with zero attached hydrogens (tertiary/aromatic N) is 9. The molecule has 2 aliphatic heterocycles. The van der Waals surface area contributed by atoms with E-state index in [1.165, 1.54) is 0 Å². The maximum atomic E-state index is 13.9. The van der Waals surface area contributed by atoms with Crippen molar-refractivity contribution in [2.24, 2.45) is 5.73 Å². The second kappa shape index (κ2) is 19.3. The summed E-state index contributed by atoms with van der Waals surface area (Å²) in [5.41, 5.74) is 10.2. The van der Waals surface area contributed by atoms with Crippen molar-refractivity contribution < 1.29 is 33.0 Å². The van der Waals surface area contributed by atoms with E-state index < -0.39 is 23.9 Å². The predicted molar refractivity (Wildman–Crippen MR) is 241 cm³/mol. The van der Waals surface area contributed by atoms with Gasteiger partial charge in [0.25, 0.3) is 17.7 Å². The van der Waals surface area contributed by atoms with Gasteiger partial charge >= 0.3 is 0 Å². The standard InChI is InChI=1S/C45H54FN13O6/c1-5-58-34(21-27(3)53-58)42(62)51-44-49-32-23-29(40(47)60)25-36-38(32)56(44)15-7-8-16-57-39-33(50-45(57)52-43(63)35-22-28(4)54-59(35)6-2)24-30(26-37(39)65-20-10-19-64-36)41(61)48-13-9-14-55-17-11-31(46)12-18-55/h7-8,21-26,31H,5-6,9-20H2,1-4H3,(H2,47,60)(H,48,61)(H,49,51,62)(H,50,52,63)/b8-7+. The van der Waals surface area contributed by atoms with E-state index >= 15 is 0 Å². The van der Waals surface area contributed by atoms with Crippen LogP contribution in [0.1, 0.15) is 92.6 Å². The van der Waals surface area contributed by atoms with E-state index in [1.807, 2.05) is 44.4 Å². The molecule has 0 bridgehead atoms. The molecule has 0 saturated carbocycles. The largest absolute Gasteiger partial charge is 0.491 e. The van der Waals surface area contributed by atoms with Crippen LogP contribution in [0.15, 0.2) is 48.6 Å². The van der Waals surface area contributed by atoms with Gasteiger partial charge in [0.1, 0.15) is 40.1 Å². The number of ether oxygens (including phenoxy) is 2. The van der Waals surface area contributed by atoms with Crippen LogP contribution < -0.4 is 31.2 Å². The van der Waals surface area contributed by atoms with E-state index in [1.54, 1.807) is 50.3 Å². The number of primary amides is 1. The highest BCUT2D eigenvalue weighted by Crippen LogP contribution is 2.34. The second-order valence-electron chi connectivity index (χ2n) is 16.2. The topological polar surface area (TPSA) is 223 Å². The van der Waals surface area contributed by atoms with Gasteiger partial charge in [-0.15, -0.1) is 0 Å². The molecule has 0 spiro atoms. The number of allylic oxidation sites excluding steroid dienone is 2. The van der Waals surface area contributed by atoms with Gasteiger partial charge in [0.15, 0.2) is 0 Å². The molecule has 19 nitrogen and oxygen atoms in total. The zero-order chi connectivity index (χ0) is 45.8. The number of alkyl halides is 1. The molecule has 6 aromatic rings. The SMILES string of the molecule is CCn1nc(C)cc1C(=O)Nc1nc2cc(C(N)=O)cc3c2n1C/C=C/Cn1c(NC(=O)c2cc(C)nn2CC)nc2cc(C(=O)NCCCN4CCC(F)CC4)cc(c21)OCCCO3. The van der Waals surface area contributed by atoms with Crippen LogP contribution in [0.4, 0.5) is 16.3 Å². The average Bonchev–Trinajstić information content (AvgIpc) is 4.05. The fourth-order valence-electron chi connectivity index (χ4n) is 8.28. The molecule has 5 N–H and O–H groups in total. The van der Waals surface area contributed by atoms with E-state index in [2.05, 4.69) is 31.0 Å². The van der Waals surface area contributed by atoms with Crippen molar-refractivity contribution >= 4 is 57.6 Å². The summed E-state index contributed by atoms with van der Waals surface area (Å²) >= 11 is 0. The number of aromatic nitrogens is 8. The molecule has 0 radical (unpaired) electrons. The number of amides is 4. The Bertz CT molecular complexity index is 2790. The summed E-state index contributed by atoms with van der Waals surface area (Å²) in [6.07, 6.45) is 5.13. The van der Waals surface area contributed by atoms with Crippen molar-refractivity contribution in [3.8, 4) is 11.5 Å². The summed E-state index contributed by atoms with van der Waals surface area (Å²) in [4.78, 5) is 65.7. The number of hydrogen-bond acceptors (Lipinski definition) is 11. The molecule has 0 aliphatic carbocycles. The Labute approximate surface area is 374 Å². The third kappa shape index (κ3) is 9.71. The van der Waals surface area contributed by atoms with E-state index in [0.29, 0.717) is 120 Å². The zero-order valence-corrected chi connectivity index (χ0v) is 37.0. The summed E-state index contributed by atoms with van der Waals surface area (Å²) in [5.74, 6) is -0.713. The lowest BCUT2D eigenvalue weighted by Gasteiger charge is -2.28. The van der Waals surface area contributed by atoms with Gasteiger partial charge in [-0.3, -0.25) is 39.2 Å². The lowest BCUT2D eigenvalue weighted by atomic mass is 10.1. The number of rotatable bonds is 12. The van der Waals surface area contributed by atoms with Gasteiger partial charge in [0.2, 0.25) is 17.8 Å². The van der Waals surface area contributed by atoms with Crippen molar-refractivity contribution in [1.82, 2.24) is 48.9 Å². The molecule has 4 amide bonds. The number of carbonyl (C=O) groups excluding carboxylic acids is 4. The van der Waals surface area contributed by atoms with E-state index in [0.717, 1.165) is 6.54 Å².